The van der Waals surface area contributed by atoms with E-state index in [1.807, 2.05) is 47.4 Å². The van der Waals surface area contributed by atoms with E-state index in [0.717, 1.165) is 22.8 Å². The Kier molecular flexibility index (Phi) is 4.62. The van der Waals surface area contributed by atoms with Crippen molar-refractivity contribution in [3.05, 3.63) is 72.3 Å². The first-order valence-corrected chi connectivity index (χ1v) is 7.81. The van der Waals surface area contributed by atoms with Crippen molar-refractivity contribution in [2.75, 3.05) is 6.54 Å². The van der Waals surface area contributed by atoms with Gasteiger partial charge in [0.25, 0.3) is 5.91 Å². The molecule has 0 unspecified atom stereocenters. The van der Waals surface area contributed by atoms with Gasteiger partial charge < -0.3 is 4.90 Å². The van der Waals surface area contributed by atoms with E-state index in [2.05, 4.69) is 16.9 Å². The van der Waals surface area contributed by atoms with Gasteiger partial charge in [-0.15, -0.1) is 0 Å². The fourth-order valence-corrected chi connectivity index (χ4v) is 2.67. The molecule has 0 atom stereocenters. The Morgan fingerprint density at radius 1 is 1.09 bits per heavy atom. The van der Waals surface area contributed by atoms with Gasteiger partial charge in [-0.2, -0.15) is 0 Å². The summed E-state index contributed by atoms with van der Waals surface area (Å²) >= 11 is 0. The molecule has 4 heteroatoms. The largest absolute Gasteiger partial charge is 0.333 e. The molecule has 116 valence electrons. The summed E-state index contributed by atoms with van der Waals surface area (Å²) in [5, 5.41) is 1.93. The van der Waals surface area contributed by atoms with E-state index in [0.29, 0.717) is 18.8 Å². The van der Waals surface area contributed by atoms with Gasteiger partial charge in [0.05, 0.1) is 0 Å². The summed E-state index contributed by atoms with van der Waals surface area (Å²) in [6.45, 7) is 3.31. The molecule has 1 amide bonds. The minimum atomic E-state index is -0.0347. The molecule has 0 fully saturated rings. The van der Waals surface area contributed by atoms with Gasteiger partial charge in [-0.05, 0) is 29.5 Å². The maximum atomic E-state index is 13.0. The molecule has 0 aliphatic heterocycles. The smallest absolute Gasteiger partial charge is 0.273 e. The fraction of sp³-hybridized carbons (Fsp3) is 0.211. The number of carbonyl (C=O) groups excluding carboxylic acids is 1. The number of aromatic nitrogens is 2. The Morgan fingerprint density at radius 3 is 2.74 bits per heavy atom. The first kappa shape index (κ1) is 15.2. The van der Waals surface area contributed by atoms with Crippen molar-refractivity contribution in [2.24, 2.45) is 0 Å². The van der Waals surface area contributed by atoms with Gasteiger partial charge >= 0.3 is 0 Å². The van der Waals surface area contributed by atoms with Crippen LogP contribution in [0.25, 0.3) is 10.8 Å². The lowest BCUT2D eigenvalue weighted by Gasteiger charge is -2.22. The highest BCUT2D eigenvalue weighted by Gasteiger charge is 2.19. The molecule has 0 spiro atoms. The van der Waals surface area contributed by atoms with Crippen LogP contribution in [-0.2, 0) is 6.54 Å². The number of pyridine rings is 2. The van der Waals surface area contributed by atoms with Gasteiger partial charge in [0.15, 0.2) is 0 Å². The molecule has 0 aliphatic rings. The Morgan fingerprint density at radius 2 is 1.96 bits per heavy atom. The molecule has 4 nitrogen and oxygen atoms in total. The van der Waals surface area contributed by atoms with Crippen molar-refractivity contribution in [1.82, 2.24) is 14.9 Å². The van der Waals surface area contributed by atoms with Crippen molar-refractivity contribution in [1.29, 1.82) is 0 Å². The van der Waals surface area contributed by atoms with Gasteiger partial charge in [0.1, 0.15) is 5.69 Å². The third kappa shape index (κ3) is 3.37. The van der Waals surface area contributed by atoms with Crippen LogP contribution < -0.4 is 0 Å². The van der Waals surface area contributed by atoms with Crippen LogP contribution in [0.15, 0.2) is 61.1 Å². The monoisotopic (exact) mass is 305 g/mol. The lowest BCUT2D eigenvalue weighted by molar-refractivity contribution is 0.0739. The fourth-order valence-electron chi connectivity index (χ4n) is 2.67. The first-order valence-electron chi connectivity index (χ1n) is 7.81. The molecule has 0 N–H and O–H groups in total. The van der Waals surface area contributed by atoms with E-state index in [4.69, 9.17) is 0 Å². The predicted octanol–water partition coefficient (Wildman–Crippen LogP) is 3.68. The highest BCUT2D eigenvalue weighted by atomic mass is 16.2. The normalized spacial score (nSPS) is 10.7. The molecule has 0 saturated carbocycles. The number of carbonyl (C=O) groups is 1. The van der Waals surface area contributed by atoms with Gasteiger partial charge in [0.2, 0.25) is 0 Å². The Labute approximate surface area is 135 Å². The number of benzene rings is 1. The molecule has 0 radical (unpaired) electrons. The summed E-state index contributed by atoms with van der Waals surface area (Å²) in [5.41, 5.74) is 1.54. The summed E-state index contributed by atoms with van der Waals surface area (Å²) in [4.78, 5) is 23.3. The minimum absolute atomic E-state index is 0.0347. The zero-order valence-corrected chi connectivity index (χ0v) is 13.1. The van der Waals surface area contributed by atoms with E-state index in [1.54, 1.807) is 18.6 Å². The van der Waals surface area contributed by atoms with E-state index >= 15 is 0 Å². The third-order valence-electron chi connectivity index (χ3n) is 3.75. The summed E-state index contributed by atoms with van der Waals surface area (Å²) in [5.74, 6) is -0.0347. The van der Waals surface area contributed by atoms with Crippen LogP contribution >= 0.6 is 0 Å². The van der Waals surface area contributed by atoms with Crippen LogP contribution in [0.2, 0.25) is 0 Å². The minimum Gasteiger partial charge on any atom is -0.333 e. The average molecular weight is 305 g/mol. The molecule has 1 aromatic carbocycles. The second kappa shape index (κ2) is 7.01. The van der Waals surface area contributed by atoms with Crippen LogP contribution in [0, 0.1) is 0 Å². The standard InChI is InChI=1S/C19H19N3O/c1-2-12-22(14-15-6-5-10-20-13-15)19(23)18-17-8-4-3-7-16(17)9-11-21-18/h3-11,13H,2,12,14H2,1H3. The number of hydrogen-bond acceptors (Lipinski definition) is 3. The number of nitrogens with zero attached hydrogens (tertiary/aromatic N) is 3. The summed E-state index contributed by atoms with van der Waals surface area (Å²) in [6.07, 6.45) is 6.13. The van der Waals surface area contributed by atoms with Crippen molar-refractivity contribution in [3.63, 3.8) is 0 Å². The lowest BCUT2D eigenvalue weighted by atomic mass is 10.1. The Hall–Kier alpha value is -2.75. The second-order valence-corrected chi connectivity index (χ2v) is 5.47. The summed E-state index contributed by atoms with van der Waals surface area (Å²) in [7, 11) is 0. The zero-order valence-electron chi connectivity index (χ0n) is 13.1. The molecule has 0 saturated heterocycles. The molecule has 2 aromatic heterocycles. The first-order chi connectivity index (χ1) is 11.3. The van der Waals surface area contributed by atoms with Crippen molar-refractivity contribution in [3.8, 4) is 0 Å². The maximum absolute atomic E-state index is 13.0. The van der Waals surface area contributed by atoms with Crippen LogP contribution in [0.3, 0.4) is 0 Å². The van der Waals surface area contributed by atoms with Crippen molar-refractivity contribution < 1.29 is 4.79 Å². The Bertz CT molecular complexity index is 797. The van der Waals surface area contributed by atoms with Crippen LogP contribution in [0.4, 0.5) is 0 Å². The van der Waals surface area contributed by atoms with Gasteiger partial charge in [-0.3, -0.25) is 14.8 Å². The predicted molar refractivity (Wildman–Crippen MR) is 91.0 cm³/mol. The molecule has 23 heavy (non-hydrogen) atoms. The highest BCUT2D eigenvalue weighted by Crippen LogP contribution is 2.19. The molecular formula is C19H19N3O. The zero-order chi connectivity index (χ0) is 16.1. The lowest BCUT2D eigenvalue weighted by Crippen LogP contribution is -2.32. The highest BCUT2D eigenvalue weighted by molar-refractivity contribution is 6.05. The van der Waals surface area contributed by atoms with Gasteiger partial charge in [-0.1, -0.05) is 37.3 Å². The van der Waals surface area contributed by atoms with Gasteiger partial charge in [-0.25, -0.2) is 0 Å². The quantitative estimate of drug-likeness (QED) is 0.722. The molecule has 0 bridgehead atoms. The molecule has 2 heterocycles. The third-order valence-corrected chi connectivity index (χ3v) is 3.75. The number of rotatable bonds is 5. The average Bonchev–Trinajstić information content (AvgIpc) is 2.61. The van der Waals surface area contributed by atoms with Crippen molar-refractivity contribution >= 4 is 16.7 Å². The number of fused-ring (bicyclic) bond motifs is 1. The molecule has 0 aliphatic carbocycles. The maximum Gasteiger partial charge on any atom is 0.273 e. The summed E-state index contributed by atoms with van der Waals surface area (Å²) < 4.78 is 0. The Balaban J connectivity index is 1.94. The van der Waals surface area contributed by atoms with E-state index in [1.165, 1.54) is 0 Å². The second-order valence-electron chi connectivity index (χ2n) is 5.47. The number of amides is 1. The van der Waals surface area contributed by atoms with E-state index in [-0.39, 0.29) is 5.91 Å². The summed E-state index contributed by atoms with van der Waals surface area (Å²) in [6, 6.07) is 13.7. The molecular weight excluding hydrogens is 286 g/mol. The van der Waals surface area contributed by atoms with Crippen molar-refractivity contribution in [2.45, 2.75) is 19.9 Å². The van der Waals surface area contributed by atoms with Crippen LogP contribution in [0.1, 0.15) is 29.4 Å². The topological polar surface area (TPSA) is 46.1 Å². The van der Waals surface area contributed by atoms with Crippen LogP contribution in [-0.4, -0.2) is 27.3 Å². The SMILES string of the molecule is CCCN(Cc1cccnc1)C(=O)c1nccc2ccccc12. The molecule has 3 rings (SSSR count). The molecule has 3 aromatic rings. The van der Waals surface area contributed by atoms with Gasteiger partial charge in [0, 0.05) is 37.1 Å². The number of hydrogen-bond donors (Lipinski definition) is 0. The van der Waals surface area contributed by atoms with Crippen LogP contribution in [0.5, 0.6) is 0 Å². The van der Waals surface area contributed by atoms with E-state index in [9.17, 15) is 4.79 Å². The van der Waals surface area contributed by atoms with E-state index < -0.39 is 0 Å².